The Morgan fingerprint density at radius 1 is 1.17 bits per heavy atom. The molecule has 0 aliphatic carbocycles. The molecule has 1 saturated heterocycles. The average molecular weight is 503 g/mol. The molecule has 35 heavy (non-hydrogen) atoms. The van der Waals surface area contributed by atoms with E-state index in [-0.39, 0.29) is 23.0 Å². The molecule has 0 radical (unpaired) electrons. The number of nitrogens with one attached hydrogen (secondary N) is 1. The maximum atomic E-state index is 13.0. The Labute approximate surface area is 207 Å². The van der Waals surface area contributed by atoms with Crippen LogP contribution >= 0.6 is 11.3 Å². The molecule has 1 fully saturated rings. The molecule has 11 nitrogen and oxygen atoms in total. The first-order chi connectivity index (χ1) is 16.6. The predicted octanol–water partition coefficient (Wildman–Crippen LogP) is 2.54. The molecule has 2 aromatic rings. The van der Waals surface area contributed by atoms with Gasteiger partial charge in [-0.05, 0) is 43.5 Å². The van der Waals surface area contributed by atoms with Crippen molar-refractivity contribution in [3.63, 3.8) is 0 Å². The van der Waals surface area contributed by atoms with Crippen molar-refractivity contribution in [2.75, 3.05) is 39.0 Å². The van der Waals surface area contributed by atoms with E-state index >= 15 is 0 Å². The van der Waals surface area contributed by atoms with Gasteiger partial charge in [-0.15, -0.1) is 11.3 Å². The van der Waals surface area contributed by atoms with Crippen LogP contribution in [0.2, 0.25) is 0 Å². The molecule has 1 aromatic carbocycles. The Hall–Kier alpha value is -3.64. The number of esters is 1. The number of hydrazine groups is 1. The summed E-state index contributed by atoms with van der Waals surface area (Å²) < 4.78 is 5.62. The number of primary amides is 2. The van der Waals surface area contributed by atoms with Crippen molar-refractivity contribution in [3.05, 3.63) is 40.8 Å². The van der Waals surface area contributed by atoms with E-state index < -0.39 is 24.1 Å². The van der Waals surface area contributed by atoms with Crippen LogP contribution in [0.25, 0.3) is 10.4 Å². The van der Waals surface area contributed by atoms with Crippen LogP contribution in [0, 0.1) is 0 Å². The molecule has 1 unspecified atom stereocenters. The van der Waals surface area contributed by atoms with Gasteiger partial charge in [0.05, 0.1) is 12.2 Å². The Morgan fingerprint density at radius 2 is 1.86 bits per heavy atom. The number of amides is 5. The van der Waals surface area contributed by atoms with Gasteiger partial charge in [0, 0.05) is 37.6 Å². The summed E-state index contributed by atoms with van der Waals surface area (Å²) in [5.74, 6) is -0.759. The Morgan fingerprint density at radius 3 is 2.43 bits per heavy atom. The highest BCUT2D eigenvalue weighted by Crippen LogP contribution is 2.36. The van der Waals surface area contributed by atoms with Gasteiger partial charge in [0.1, 0.15) is 11.0 Å². The van der Waals surface area contributed by atoms with Crippen LogP contribution in [0.4, 0.5) is 15.3 Å². The van der Waals surface area contributed by atoms with Crippen molar-refractivity contribution >= 4 is 41.0 Å². The summed E-state index contributed by atoms with van der Waals surface area (Å²) in [6.45, 7) is 3.16. The number of carbonyl (C=O) groups excluding carboxylic acids is 4. The fourth-order valence-corrected chi connectivity index (χ4v) is 4.89. The van der Waals surface area contributed by atoms with Gasteiger partial charge < -0.3 is 26.4 Å². The van der Waals surface area contributed by atoms with Crippen molar-refractivity contribution in [2.24, 2.45) is 11.5 Å². The van der Waals surface area contributed by atoms with Crippen molar-refractivity contribution < 1.29 is 23.9 Å². The first-order valence-corrected chi connectivity index (χ1v) is 12.0. The summed E-state index contributed by atoms with van der Waals surface area (Å²) in [5.41, 5.74) is 12.1. The van der Waals surface area contributed by atoms with E-state index in [0.29, 0.717) is 36.4 Å². The second kappa shape index (κ2) is 11.2. The van der Waals surface area contributed by atoms with Gasteiger partial charge in [0.15, 0.2) is 0 Å². The fraction of sp³-hybridized carbons (Fsp3) is 0.391. The van der Waals surface area contributed by atoms with Crippen molar-refractivity contribution in [2.45, 2.75) is 25.9 Å². The zero-order valence-electron chi connectivity index (χ0n) is 19.9. The summed E-state index contributed by atoms with van der Waals surface area (Å²) in [5, 5.41) is 5.80. The van der Waals surface area contributed by atoms with E-state index in [4.69, 9.17) is 16.2 Å². The van der Waals surface area contributed by atoms with Gasteiger partial charge in [-0.2, -0.15) is 0 Å². The fourth-order valence-electron chi connectivity index (χ4n) is 3.88. The molecule has 0 saturated carbocycles. The van der Waals surface area contributed by atoms with E-state index in [1.165, 1.54) is 4.90 Å². The summed E-state index contributed by atoms with van der Waals surface area (Å²) >= 11 is 1.13. The lowest BCUT2D eigenvalue weighted by molar-refractivity contribution is 0.0134. The summed E-state index contributed by atoms with van der Waals surface area (Å²) in [6.07, 6.45) is 0.764. The number of nitrogens with zero attached hydrogens (tertiary/aromatic N) is 3. The number of urea groups is 2. The molecule has 1 aliphatic heterocycles. The third kappa shape index (κ3) is 6.28. The van der Waals surface area contributed by atoms with Gasteiger partial charge in [-0.1, -0.05) is 12.1 Å². The van der Waals surface area contributed by atoms with Crippen LogP contribution in [0.1, 0.15) is 39.8 Å². The largest absolute Gasteiger partial charge is 0.456 e. The Bertz CT molecular complexity index is 1100. The maximum Gasteiger partial charge on any atom is 0.350 e. The standard InChI is InChI=1S/C23H30N6O5S/c1-4-29(27(2)3)20(30)15-9-7-14(8-10-15)18-12-17(26-22(24)32)19(35-18)21(31)34-16-6-5-11-28(13-16)23(25)33/h7-10,12,16H,4-6,11,13H2,1-3H3,(H2,25,33)(H3,24,26,32). The van der Waals surface area contributed by atoms with Crippen LogP contribution in [0.3, 0.4) is 0 Å². The Kier molecular flexibility index (Phi) is 8.30. The van der Waals surface area contributed by atoms with Crippen LogP contribution in [0.5, 0.6) is 0 Å². The second-order valence-electron chi connectivity index (χ2n) is 8.24. The lowest BCUT2D eigenvalue weighted by atomic mass is 10.1. The third-order valence-electron chi connectivity index (χ3n) is 5.57. The molecule has 3 rings (SSSR count). The summed E-state index contributed by atoms with van der Waals surface area (Å²) in [6, 6.07) is 7.24. The number of hydrogen-bond donors (Lipinski definition) is 3. The summed E-state index contributed by atoms with van der Waals surface area (Å²) in [7, 11) is 3.60. The number of ether oxygens (including phenoxy) is 1. The highest BCUT2D eigenvalue weighted by Gasteiger charge is 2.28. The number of rotatable bonds is 7. The number of likely N-dealkylation sites (tertiary alicyclic amines) is 1. The molecule has 1 aliphatic rings. The lowest BCUT2D eigenvalue weighted by Crippen LogP contribution is -2.46. The molecule has 12 heteroatoms. The van der Waals surface area contributed by atoms with Gasteiger partial charge in [0.25, 0.3) is 5.91 Å². The smallest absolute Gasteiger partial charge is 0.350 e. The second-order valence-corrected chi connectivity index (χ2v) is 9.29. The zero-order chi connectivity index (χ0) is 25.7. The van der Waals surface area contributed by atoms with Crippen LogP contribution in [-0.4, -0.2) is 78.7 Å². The first-order valence-electron chi connectivity index (χ1n) is 11.2. The number of carbonyl (C=O) groups is 4. The minimum atomic E-state index is -0.815. The van der Waals surface area contributed by atoms with Gasteiger partial charge in [-0.25, -0.2) is 19.4 Å². The normalized spacial score (nSPS) is 15.5. The lowest BCUT2D eigenvalue weighted by Gasteiger charge is -2.31. The SMILES string of the molecule is CCN(C(=O)c1ccc(-c2cc(NC(N)=O)c(C(=O)OC3CCCN(C(N)=O)C3)s2)cc1)N(C)C. The van der Waals surface area contributed by atoms with Crippen LogP contribution in [0.15, 0.2) is 30.3 Å². The van der Waals surface area contributed by atoms with Crippen molar-refractivity contribution in [1.29, 1.82) is 0 Å². The van der Waals surface area contributed by atoms with Crippen molar-refractivity contribution in [3.8, 4) is 10.4 Å². The quantitative estimate of drug-likeness (QED) is 0.391. The highest BCUT2D eigenvalue weighted by atomic mass is 32.1. The van der Waals surface area contributed by atoms with E-state index in [9.17, 15) is 19.2 Å². The highest BCUT2D eigenvalue weighted by molar-refractivity contribution is 7.18. The van der Waals surface area contributed by atoms with E-state index in [1.54, 1.807) is 54.4 Å². The molecular weight excluding hydrogens is 472 g/mol. The molecule has 0 bridgehead atoms. The Balaban J connectivity index is 1.82. The van der Waals surface area contributed by atoms with E-state index in [2.05, 4.69) is 5.32 Å². The predicted molar refractivity (Wildman–Crippen MR) is 133 cm³/mol. The van der Waals surface area contributed by atoms with Crippen molar-refractivity contribution in [1.82, 2.24) is 14.9 Å². The summed E-state index contributed by atoms with van der Waals surface area (Å²) in [4.78, 5) is 51.0. The number of piperidine rings is 1. The number of anilines is 1. The van der Waals surface area contributed by atoms with Gasteiger partial charge in [0.2, 0.25) is 0 Å². The number of benzene rings is 1. The molecule has 1 aromatic heterocycles. The monoisotopic (exact) mass is 502 g/mol. The first kappa shape index (κ1) is 26.0. The van der Waals surface area contributed by atoms with Gasteiger partial charge >= 0.3 is 18.0 Å². The molecule has 5 amide bonds. The van der Waals surface area contributed by atoms with Gasteiger partial charge in [-0.3, -0.25) is 9.80 Å². The molecule has 0 spiro atoms. The minimum absolute atomic E-state index is 0.131. The number of nitrogens with two attached hydrogens (primary N) is 2. The number of thiophene rings is 1. The topological polar surface area (TPSA) is 151 Å². The zero-order valence-corrected chi connectivity index (χ0v) is 20.8. The number of hydrogen-bond acceptors (Lipinski definition) is 7. The van der Waals surface area contributed by atoms with E-state index in [1.807, 2.05) is 6.92 Å². The molecule has 2 heterocycles. The minimum Gasteiger partial charge on any atom is -0.456 e. The average Bonchev–Trinajstić information content (AvgIpc) is 3.22. The molecule has 1 atom stereocenters. The van der Waals surface area contributed by atoms with Crippen LogP contribution < -0.4 is 16.8 Å². The molecular formula is C23H30N6O5S. The maximum absolute atomic E-state index is 13.0. The van der Waals surface area contributed by atoms with Crippen LogP contribution in [-0.2, 0) is 4.74 Å². The molecule has 188 valence electrons. The third-order valence-corrected chi connectivity index (χ3v) is 6.74. The molecule has 5 N–H and O–H groups in total. The van der Waals surface area contributed by atoms with E-state index in [0.717, 1.165) is 16.9 Å².